The predicted molar refractivity (Wildman–Crippen MR) is 95.4 cm³/mol. The largest absolute Gasteiger partial charge is 0.461 e. The van der Waals surface area contributed by atoms with Gasteiger partial charge in [-0.2, -0.15) is 0 Å². The zero-order valence-corrected chi connectivity index (χ0v) is 16.2. The van der Waals surface area contributed by atoms with Crippen LogP contribution in [0.5, 0.6) is 0 Å². The third-order valence-corrected chi connectivity index (χ3v) is 5.49. The molecule has 0 radical (unpaired) electrons. The number of rotatable bonds is 9. The van der Waals surface area contributed by atoms with Crippen molar-refractivity contribution >= 4 is 11.8 Å². The number of carbonyl (C=O) groups is 2. The monoisotopic (exact) mass is 338 g/mol. The fraction of sp³-hybridized carbons (Fsp3) is 0.800. The lowest BCUT2D eigenvalue weighted by atomic mass is 9.82. The highest BCUT2D eigenvalue weighted by Gasteiger charge is 2.41. The van der Waals surface area contributed by atoms with Crippen molar-refractivity contribution in [2.75, 3.05) is 0 Å². The normalized spacial score (nSPS) is 27.5. The third-order valence-electron chi connectivity index (χ3n) is 5.49. The number of esters is 1. The molecule has 24 heavy (non-hydrogen) atoms. The summed E-state index contributed by atoms with van der Waals surface area (Å²) in [6, 6.07) is 0. The molecule has 4 nitrogen and oxygen atoms in total. The Morgan fingerprint density at radius 1 is 1.29 bits per heavy atom. The minimum atomic E-state index is -0.590. The molecule has 1 heterocycles. The Labute approximate surface area is 146 Å². The molecule has 0 aromatic carbocycles. The van der Waals surface area contributed by atoms with Gasteiger partial charge in [0.25, 0.3) is 0 Å². The first-order chi connectivity index (χ1) is 11.1. The predicted octanol–water partition coefficient (Wildman–Crippen LogP) is 3.77. The van der Waals surface area contributed by atoms with Crippen LogP contribution < -0.4 is 0 Å². The Morgan fingerprint density at radius 3 is 2.33 bits per heavy atom. The summed E-state index contributed by atoms with van der Waals surface area (Å²) in [4.78, 5) is 23.8. The van der Waals surface area contributed by atoms with Crippen molar-refractivity contribution in [2.45, 2.75) is 73.5 Å². The van der Waals surface area contributed by atoms with Crippen molar-refractivity contribution < 1.29 is 19.4 Å². The van der Waals surface area contributed by atoms with Gasteiger partial charge in [0.1, 0.15) is 11.9 Å². The van der Waals surface area contributed by atoms with E-state index in [1.54, 1.807) is 0 Å². The van der Waals surface area contributed by atoms with Gasteiger partial charge in [0, 0.05) is 11.8 Å². The first kappa shape index (κ1) is 20.9. The van der Waals surface area contributed by atoms with E-state index in [0.29, 0.717) is 0 Å². The highest BCUT2D eigenvalue weighted by atomic mass is 16.6. The Bertz CT molecular complexity index is 482. The molecule has 1 N–H and O–H groups in total. The second kappa shape index (κ2) is 8.80. The number of Topliss-reactive ketones (excluding diaryl/α,β-unsaturated/α-hetero) is 1. The number of ether oxygens (including phenoxy) is 1. The Kier molecular flexibility index (Phi) is 7.65. The quantitative estimate of drug-likeness (QED) is 0.513. The molecule has 0 spiro atoms. The van der Waals surface area contributed by atoms with Gasteiger partial charge in [-0.25, -0.2) is 0 Å². The van der Waals surface area contributed by atoms with Crippen molar-refractivity contribution in [2.24, 2.45) is 29.6 Å². The van der Waals surface area contributed by atoms with Gasteiger partial charge in [-0.1, -0.05) is 52.7 Å². The maximum absolute atomic E-state index is 12.5. The molecule has 0 aliphatic carbocycles. The summed E-state index contributed by atoms with van der Waals surface area (Å²) in [5.41, 5.74) is 1.13. The molecule has 0 bridgehead atoms. The van der Waals surface area contributed by atoms with Crippen LogP contribution in [0.3, 0.4) is 0 Å². The molecule has 4 heteroatoms. The minimum Gasteiger partial charge on any atom is -0.461 e. The Hall–Kier alpha value is -1.16. The molecule has 1 aliphatic heterocycles. The Morgan fingerprint density at radius 2 is 1.88 bits per heavy atom. The van der Waals surface area contributed by atoms with E-state index in [-0.39, 0.29) is 47.4 Å². The van der Waals surface area contributed by atoms with E-state index in [9.17, 15) is 14.7 Å². The molecule has 0 aromatic heterocycles. The van der Waals surface area contributed by atoms with Crippen LogP contribution in [0, 0.1) is 29.6 Å². The van der Waals surface area contributed by atoms with Gasteiger partial charge in [0.05, 0.1) is 12.0 Å². The number of aliphatic hydroxyl groups excluding tert-OH is 1. The standard InChI is InChI=1S/C20H34O4/c1-8-12(3)17(21)15(6)18(22)13(4)9-11(2)10-14(5)19-16(7)20(23)24-19/h9,12-17,19,21H,8,10H2,1-7H3/t12-,13+,14-,15-,16-,17+,19-/m1/s1. The van der Waals surface area contributed by atoms with Gasteiger partial charge < -0.3 is 9.84 Å². The molecule has 0 unspecified atom stereocenters. The minimum absolute atomic E-state index is 0.0157. The summed E-state index contributed by atoms with van der Waals surface area (Å²) in [7, 11) is 0. The fourth-order valence-electron chi connectivity index (χ4n) is 3.53. The summed E-state index contributed by atoms with van der Waals surface area (Å²) in [6.45, 7) is 13.7. The summed E-state index contributed by atoms with van der Waals surface area (Å²) in [5, 5.41) is 10.3. The topological polar surface area (TPSA) is 63.6 Å². The lowest BCUT2D eigenvalue weighted by Crippen LogP contribution is -2.47. The Balaban J connectivity index is 2.60. The summed E-state index contributed by atoms with van der Waals surface area (Å²) in [6.07, 6.45) is 3.05. The van der Waals surface area contributed by atoms with Crippen molar-refractivity contribution in [3.05, 3.63) is 11.6 Å². The first-order valence-corrected chi connectivity index (χ1v) is 9.19. The number of hydrogen-bond donors (Lipinski definition) is 1. The molecule has 0 aromatic rings. The summed E-state index contributed by atoms with van der Waals surface area (Å²) >= 11 is 0. The van der Waals surface area contributed by atoms with Gasteiger partial charge in [0.15, 0.2) is 0 Å². The van der Waals surface area contributed by atoms with Crippen molar-refractivity contribution in [1.82, 2.24) is 0 Å². The molecule has 1 rings (SSSR count). The highest BCUT2D eigenvalue weighted by molar-refractivity contribution is 5.85. The number of allylic oxidation sites excluding steroid dienone is 2. The van der Waals surface area contributed by atoms with Crippen LogP contribution in [0.25, 0.3) is 0 Å². The SMILES string of the molecule is CC[C@@H](C)[C@H](O)[C@@H](C)C(=O)[C@@H](C)C=C(C)C[C@@H](C)[C@H]1OC(=O)[C@@H]1C. The van der Waals surface area contributed by atoms with Crippen LogP contribution in [-0.2, 0) is 14.3 Å². The number of carbonyl (C=O) groups excluding carboxylic acids is 2. The van der Waals surface area contributed by atoms with E-state index < -0.39 is 6.10 Å². The molecule has 7 atom stereocenters. The van der Waals surface area contributed by atoms with E-state index in [4.69, 9.17) is 4.74 Å². The van der Waals surface area contributed by atoms with E-state index in [2.05, 4.69) is 6.92 Å². The van der Waals surface area contributed by atoms with Crippen LogP contribution in [-0.4, -0.2) is 29.1 Å². The highest BCUT2D eigenvalue weighted by Crippen LogP contribution is 2.32. The average molecular weight is 338 g/mol. The molecule has 0 saturated carbocycles. The van der Waals surface area contributed by atoms with Crippen molar-refractivity contribution in [3.8, 4) is 0 Å². The molecule has 1 saturated heterocycles. The number of ketones is 1. The van der Waals surface area contributed by atoms with E-state index in [0.717, 1.165) is 18.4 Å². The first-order valence-electron chi connectivity index (χ1n) is 9.19. The van der Waals surface area contributed by atoms with Gasteiger partial charge in [-0.15, -0.1) is 0 Å². The third kappa shape index (κ3) is 4.92. The van der Waals surface area contributed by atoms with Crippen LogP contribution in [0.1, 0.15) is 61.3 Å². The molecule has 1 fully saturated rings. The van der Waals surface area contributed by atoms with Gasteiger partial charge in [-0.05, 0) is 32.1 Å². The van der Waals surface area contributed by atoms with Crippen LogP contribution >= 0.6 is 0 Å². The average Bonchev–Trinajstić information content (AvgIpc) is 2.55. The lowest BCUT2D eigenvalue weighted by molar-refractivity contribution is -0.188. The number of aliphatic hydroxyl groups is 1. The maximum Gasteiger partial charge on any atom is 0.312 e. The second-order valence-electron chi connectivity index (χ2n) is 7.74. The smallest absolute Gasteiger partial charge is 0.312 e. The van der Waals surface area contributed by atoms with Gasteiger partial charge in [-0.3, -0.25) is 9.59 Å². The van der Waals surface area contributed by atoms with Crippen LogP contribution in [0.4, 0.5) is 0 Å². The van der Waals surface area contributed by atoms with Crippen LogP contribution in [0.15, 0.2) is 11.6 Å². The van der Waals surface area contributed by atoms with E-state index in [1.807, 2.05) is 47.6 Å². The van der Waals surface area contributed by atoms with Crippen LogP contribution in [0.2, 0.25) is 0 Å². The number of hydrogen-bond acceptors (Lipinski definition) is 4. The van der Waals surface area contributed by atoms with Gasteiger partial charge >= 0.3 is 5.97 Å². The maximum atomic E-state index is 12.5. The molecule has 138 valence electrons. The van der Waals surface area contributed by atoms with Gasteiger partial charge in [0.2, 0.25) is 0 Å². The molecular weight excluding hydrogens is 304 g/mol. The van der Waals surface area contributed by atoms with E-state index >= 15 is 0 Å². The molecular formula is C20H34O4. The zero-order chi connectivity index (χ0) is 18.6. The summed E-state index contributed by atoms with van der Waals surface area (Å²) < 4.78 is 5.21. The second-order valence-corrected chi connectivity index (χ2v) is 7.74. The zero-order valence-electron chi connectivity index (χ0n) is 16.2. The van der Waals surface area contributed by atoms with Crippen molar-refractivity contribution in [1.29, 1.82) is 0 Å². The fourth-order valence-corrected chi connectivity index (χ4v) is 3.53. The lowest BCUT2D eigenvalue weighted by Gasteiger charge is -2.37. The number of cyclic esters (lactones) is 1. The van der Waals surface area contributed by atoms with E-state index in [1.165, 1.54) is 0 Å². The summed E-state index contributed by atoms with van der Waals surface area (Å²) in [5.74, 6) is -0.271. The molecule has 0 amide bonds. The molecule has 1 aliphatic rings. The van der Waals surface area contributed by atoms with Crippen molar-refractivity contribution in [3.63, 3.8) is 0 Å².